The van der Waals surface area contributed by atoms with Gasteiger partial charge in [-0.3, -0.25) is 0 Å². The molecule has 0 unspecified atom stereocenters. The van der Waals surface area contributed by atoms with Crippen LogP contribution in [0, 0.1) is 6.07 Å². The summed E-state index contributed by atoms with van der Waals surface area (Å²) in [7, 11) is 0. The van der Waals surface area contributed by atoms with Gasteiger partial charge < -0.3 is 0 Å². The molecule has 0 saturated heterocycles. The molecule has 1 radical (unpaired) electrons. The van der Waals surface area contributed by atoms with Gasteiger partial charge in [0.1, 0.15) is 0 Å². The average Bonchev–Trinajstić information content (AvgIpc) is 2.62. The second-order valence-corrected chi connectivity index (χ2v) is 5.43. The van der Waals surface area contributed by atoms with Crippen molar-refractivity contribution < 1.29 is 0 Å². The Kier molecular flexibility index (Phi) is 3.21. The standard InChI is InChI=1S/C22H15/c1-2-6-17(7-3-1)19-10-12-20(13-11-19)22-15-14-18-8-4-5-9-21(18)16-22/h2-16H. The highest BCUT2D eigenvalue weighted by atomic mass is 14.1. The van der Waals surface area contributed by atoms with Crippen molar-refractivity contribution >= 4 is 10.8 Å². The molecule has 0 heterocycles. The first-order chi connectivity index (χ1) is 10.9. The molecule has 0 bridgehead atoms. The van der Waals surface area contributed by atoms with E-state index in [4.69, 9.17) is 0 Å². The minimum absolute atomic E-state index is 1.23. The van der Waals surface area contributed by atoms with Crippen molar-refractivity contribution in [2.75, 3.05) is 0 Å². The zero-order valence-electron chi connectivity index (χ0n) is 12.2. The van der Waals surface area contributed by atoms with E-state index in [9.17, 15) is 0 Å². The van der Waals surface area contributed by atoms with E-state index < -0.39 is 0 Å². The largest absolute Gasteiger partial charge is 0.0616 e. The molecule has 0 saturated carbocycles. The predicted octanol–water partition coefficient (Wildman–Crippen LogP) is 5.97. The predicted molar refractivity (Wildman–Crippen MR) is 93.7 cm³/mol. The lowest BCUT2D eigenvalue weighted by molar-refractivity contribution is 1.60. The van der Waals surface area contributed by atoms with E-state index >= 15 is 0 Å². The molecule has 22 heavy (non-hydrogen) atoms. The van der Waals surface area contributed by atoms with Crippen molar-refractivity contribution in [2.24, 2.45) is 0 Å². The third kappa shape index (κ3) is 2.40. The lowest BCUT2D eigenvalue weighted by atomic mass is 9.98. The minimum atomic E-state index is 1.23. The van der Waals surface area contributed by atoms with E-state index in [-0.39, 0.29) is 0 Å². The first-order valence-electron chi connectivity index (χ1n) is 7.46. The normalized spacial score (nSPS) is 10.7. The van der Waals surface area contributed by atoms with E-state index in [1.165, 1.54) is 33.0 Å². The second-order valence-electron chi connectivity index (χ2n) is 5.43. The van der Waals surface area contributed by atoms with E-state index in [2.05, 4.69) is 84.9 Å². The first kappa shape index (κ1) is 12.8. The van der Waals surface area contributed by atoms with Crippen LogP contribution in [0.5, 0.6) is 0 Å². The van der Waals surface area contributed by atoms with Gasteiger partial charge >= 0.3 is 0 Å². The summed E-state index contributed by atoms with van der Waals surface area (Å²) in [6.07, 6.45) is 0. The number of rotatable bonds is 2. The molecule has 0 spiro atoms. The number of hydrogen-bond donors (Lipinski definition) is 0. The number of fused-ring (bicyclic) bond motifs is 1. The van der Waals surface area contributed by atoms with Crippen LogP contribution in [-0.2, 0) is 0 Å². The van der Waals surface area contributed by atoms with Crippen molar-refractivity contribution in [3.8, 4) is 22.3 Å². The highest BCUT2D eigenvalue weighted by Gasteiger charge is 2.01. The average molecular weight is 279 g/mol. The van der Waals surface area contributed by atoms with Gasteiger partial charge in [-0.15, -0.1) is 0 Å². The third-order valence-electron chi connectivity index (χ3n) is 4.02. The van der Waals surface area contributed by atoms with Gasteiger partial charge in [-0.05, 0) is 45.2 Å². The molecule has 0 aliphatic carbocycles. The van der Waals surface area contributed by atoms with Gasteiger partial charge in [0.05, 0.1) is 0 Å². The Balaban J connectivity index is 1.73. The number of benzene rings is 4. The monoisotopic (exact) mass is 279 g/mol. The fourth-order valence-electron chi connectivity index (χ4n) is 2.80. The Bertz CT molecular complexity index is 903. The SMILES string of the molecule is [c]1ccc(-c2ccc(-c3ccc4ccccc4c3)cc2)cc1. The van der Waals surface area contributed by atoms with E-state index in [1.807, 2.05) is 12.1 Å². The van der Waals surface area contributed by atoms with E-state index in [1.54, 1.807) is 0 Å². The summed E-state index contributed by atoms with van der Waals surface area (Å²) in [5.74, 6) is 0. The molecular formula is C22H15. The molecule has 0 aliphatic heterocycles. The maximum atomic E-state index is 3.06. The number of hydrogen-bond acceptors (Lipinski definition) is 0. The van der Waals surface area contributed by atoms with Gasteiger partial charge in [0, 0.05) is 0 Å². The lowest BCUT2D eigenvalue weighted by Gasteiger charge is -2.06. The molecule has 4 aromatic rings. The molecule has 0 aliphatic rings. The fourth-order valence-corrected chi connectivity index (χ4v) is 2.80. The highest BCUT2D eigenvalue weighted by molar-refractivity contribution is 5.87. The Morgan fingerprint density at radius 3 is 1.73 bits per heavy atom. The van der Waals surface area contributed by atoms with E-state index in [0.717, 1.165) is 0 Å². The Morgan fingerprint density at radius 1 is 0.455 bits per heavy atom. The molecule has 0 nitrogen and oxygen atoms in total. The quantitative estimate of drug-likeness (QED) is 0.424. The van der Waals surface area contributed by atoms with Crippen LogP contribution >= 0.6 is 0 Å². The molecule has 0 aromatic heterocycles. The molecular weight excluding hydrogens is 264 g/mol. The first-order valence-corrected chi connectivity index (χ1v) is 7.46. The van der Waals surface area contributed by atoms with Crippen molar-refractivity contribution in [3.63, 3.8) is 0 Å². The van der Waals surface area contributed by atoms with Crippen LogP contribution in [0.25, 0.3) is 33.0 Å². The summed E-state index contributed by atoms with van der Waals surface area (Å²) in [4.78, 5) is 0. The summed E-state index contributed by atoms with van der Waals surface area (Å²) in [5.41, 5.74) is 4.96. The van der Waals surface area contributed by atoms with Gasteiger partial charge in [0.15, 0.2) is 0 Å². The molecule has 103 valence electrons. The zero-order valence-corrected chi connectivity index (χ0v) is 12.2. The van der Waals surface area contributed by atoms with Gasteiger partial charge in [-0.25, -0.2) is 0 Å². The van der Waals surface area contributed by atoms with Gasteiger partial charge in [-0.2, -0.15) is 0 Å². The van der Waals surface area contributed by atoms with Crippen LogP contribution in [0.4, 0.5) is 0 Å². The van der Waals surface area contributed by atoms with Gasteiger partial charge in [0.25, 0.3) is 0 Å². The molecule has 0 N–H and O–H groups in total. The van der Waals surface area contributed by atoms with Crippen LogP contribution in [0.1, 0.15) is 0 Å². The van der Waals surface area contributed by atoms with Gasteiger partial charge in [0.2, 0.25) is 0 Å². The summed E-state index contributed by atoms with van der Waals surface area (Å²) >= 11 is 0. The van der Waals surface area contributed by atoms with Crippen LogP contribution < -0.4 is 0 Å². The highest BCUT2D eigenvalue weighted by Crippen LogP contribution is 2.27. The Morgan fingerprint density at radius 2 is 1.00 bits per heavy atom. The van der Waals surface area contributed by atoms with Crippen molar-refractivity contribution in [1.29, 1.82) is 0 Å². The van der Waals surface area contributed by atoms with Crippen molar-refractivity contribution in [2.45, 2.75) is 0 Å². The zero-order chi connectivity index (χ0) is 14.8. The minimum Gasteiger partial charge on any atom is -0.0616 e. The van der Waals surface area contributed by atoms with Gasteiger partial charge in [-0.1, -0.05) is 84.9 Å². The summed E-state index contributed by atoms with van der Waals surface area (Å²) in [6.45, 7) is 0. The molecule has 4 aromatic carbocycles. The summed E-state index contributed by atoms with van der Waals surface area (Å²) in [6, 6.07) is 35.0. The third-order valence-corrected chi connectivity index (χ3v) is 4.02. The second kappa shape index (κ2) is 5.50. The topological polar surface area (TPSA) is 0 Å². The van der Waals surface area contributed by atoms with Crippen LogP contribution in [-0.4, -0.2) is 0 Å². The van der Waals surface area contributed by atoms with Crippen molar-refractivity contribution in [3.05, 3.63) is 97.1 Å². The molecule has 0 amide bonds. The summed E-state index contributed by atoms with van der Waals surface area (Å²) < 4.78 is 0. The molecule has 4 rings (SSSR count). The molecule has 0 fully saturated rings. The van der Waals surface area contributed by atoms with Crippen LogP contribution in [0.15, 0.2) is 91.0 Å². The van der Waals surface area contributed by atoms with Crippen molar-refractivity contribution in [1.82, 2.24) is 0 Å². The van der Waals surface area contributed by atoms with E-state index in [0.29, 0.717) is 0 Å². The Hall–Kier alpha value is -2.86. The maximum absolute atomic E-state index is 3.06. The summed E-state index contributed by atoms with van der Waals surface area (Å²) in [5, 5.41) is 2.56. The smallest absolute Gasteiger partial charge is 0.0178 e. The Labute approximate surface area is 130 Å². The lowest BCUT2D eigenvalue weighted by Crippen LogP contribution is -1.81. The molecule has 0 atom stereocenters. The maximum Gasteiger partial charge on any atom is -0.0178 e. The van der Waals surface area contributed by atoms with Crippen LogP contribution in [0.2, 0.25) is 0 Å². The molecule has 0 heteroatoms. The van der Waals surface area contributed by atoms with Crippen LogP contribution in [0.3, 0.4) is 0 Å². The fraction of sp³-hybridized carbons (Fsp3) is 0.